The molecule has 2 aromatic carbocycles. The standard InChI is InChI=1S/C18H20F2N2.2ClH/c19-18(20)17(22-12-10-21-11-13-22)16-8-6-15(7-9-16)14-4-2-1-3-5-14;;/h1-9,17-18,21H,10-13H2;2*1H/t17-;;/m0../s1. The first-order valence-corrected chi connectivity index (χ1v) is 7.64. The van der Waals surface area contributed by atoms with Crippen molar-refractivity contribution in [1.29, 1.82) is 0 Å². The topological polar surface area (TPSA) is 15.3 Å². The van der Waals surface area contributed by atoms with E-state index in [-0.39, 0.29) is 24.8 Å². The summed E-state index contributed by atoms with van der Waals surface area (Å²) in [5, 5.41) is 3.20. The highest BCUT2D eigenvalue weighted by Gasteiger charge is 2.29. The van der Waals surface area contributed by atoms with Gasteiger partial charge in [0.15, 0.2) is 0 Å². The van der Waals surface area contributed by atoms with Crippen molar-refractivity contribution in [2.75, 3.05) is 26.2 Å². The van der Waals surface area contributed by atoms with Crippen molar-refractivity contribution in [2.24, 2.45) is 0 Å². The maximum atomic E-state index is 13.5. The van der Waals surface area contributed by atoms with Gasteiger partial charge in [-0.1, -0.05) is 54.6 Å². The predicted molar refractivity (Wildman–Crippen MR) is 99.6 cm³/mol. The second kappa shape index (κ2) is 9.94. The number of nitrogens with zero attached hydrogens (tertiary/aromatic N) is 1. The number of piperazine rings is 1. The van der Waals surface area contributed by atoms with Crippen LogP contribution in [-0.2, 0) is 0 Å². The van der Waals surface area contributed by atoms with Gasteiger partial charge in [-0.15, -0.1) is 24.8 Å². The van der Waals surface area contributed by atoms with Crippen molar-refractivity contribution < 1.29 is 8.78 Å². The lowest BCUT2D eigenvalue weighted by molar-refractivity contribution is 0.0182. The first-order valence-electron chi connectivity index (χ1n) is 7.64. The lowest BCUT2D eigenvalue weighted by Gasteiger charge is -2.34. The number of nitrogens with one attached hydrogen (secondary N) is 1. The van der Waals surface area contributed by atoms with E-state index < -0.39 is 12.5 Å². The quantitative estimate of drug-likeness (QED) is 0.852. The molecule has 2 aromatic rings. The average molecular weight is 375 g/mol. The van der Waals surface area contributed by atoms with Crippen molar-refractivity contribution in [3.05, 3.63) is 60.2 Å². The number of halogens is 4. The summed E-state index contributed by atoms with van der Waals surface area (Å²) in [5.41, 5.74) is 2.85. The molecular formula is C18H22Cl2F2N2. The van der Waals surface area contributed by atoms with Gasteiger partial charge < -0.3 is 5.32 Å². The Morgan fingerprint density at radius 3 is 1.88 bits per heavy atom. The van der Waals surface area contributed by atoms with Gasteiger partial charge in [0, 0.05) is 26.2 Å². The molecule has 1 heterocycles. The highest BCUT2D eigenvalue weighted by atomic mass is 35.5. The van der Waals surface area contributed by atoms with Gasteiger partial charge in [0.2, 0.25) is 0 Å². The van der Waals surface area contributed by atoms with Gasteiger partial charge in [-0.25, -0.2) is 8.78 Å². The predicted octanol–water partition coefficient (Wildman–Crippen LogP) is 4.41. The first kappa shape index (κ1) is 20.8. The summed E-state index contributed by atoms with van der Waals surface area (Å²) >= 11 is 0. The minimum absolute atomic E-state index is 0. The molecule has 0 bridgehead atoms. The Bertz CT molecular complexity index is 588. The number of rotatable bonds is 4. The minimum atomic E-state index is -2.37. The van der Waals surface area contributed by atoms with Gasteiger partial charge >= 0.3 is 0 Å². The van der Waals surface area contributed by atoms with Crippen LogP contribution >= 0.6 is 24.8 Å². The van der Waals surface area contributed by atoms with Gasteiger partial charge in [-0.3, -0.25) is 4.90 Å². The molecule has 3 rings (SSSR count). The SMILES string of the molecule is Cl.Cl.FC(F)[C@H](c1ccc(-c2ccccc2)cc1)N1CCNCC1. The third-order valence-electron chi connectivity index (χ3n) is 4.14. The zero-order chi connectivity index (χ0) is 15.4. The van der Waals surface area contributed by atoms with E-state index in [4.69, 9.17) is 0 Å². The lowest BCUT2D eigenvalue weighted by atomic mass is 9.99. The molecule has 1 N–H and O–H groups in total. The summed E-state index contributed by atoms with van der Waals surface area (Å²) in [7, 11) is 0. The second-order valence-electron chi connectivity index (χ2n) is 5.55. The number of alkyl halides is 2. The van der Waals surface area contributed by atoms with Crippen LogP contribution in [-0.4, -0.2) is 37.5 Å². The Hall–Kier alpha value is -1.20. The van der Waals surface area contributed by atoms with E-state index in [0.717, 1.165) is 24.2 Å². The molecule has 0 aromatic heterocycles. The summed E-state index contributed by atoms with van der Waals surface area (Å²) in [6, 6.07) is 16.7. The van der Waals surface area contributed by atoms with Crippen LogP contribution in [0.1, 0.15) is 11.6 Å². The fourth-order valence-electron chi connectivity index (χ4n) is 2.98. The normalized spacial score (nSPS) is 16.1. The highest BCUT2D eigenvalue weighted by Crippen LogP contribution is 2.29. The Morgan fingerprint density at radius 2 is 1.33 bits per heavy atom. The number of hydrogen-bond donors (Lipinski definition) is 1. The van der Waals surface area contributed by atoms with E-state index in [0.29, 0.717) is 18.7 Å². The van der Waals surface area contributed by atoms with Crippen molar-refractivity contribution in [2.45, 2.75) is 12.5 Å². The molecule has 6 heteroatoms. The zero-order valence-electron chi connectivity index (χ0n) is 13.2. The Balaban J connectivity index is 0.00000144. The van der Waals surface area contributed by atoms with Gasteiger partial charge in [-0.05, 0) is 16.7 Å². The van der Waals surface area contributed by atoms with Gasteiger partial charge in [-0.2, -0.15) is 0 Å². The molecule has 1 saturated heterocycles. The smallest absolute Gasteiger partial charge is 0.258 e. The maximum Gasteiger partial charge on any atom is 0.258 e. The summed E-state index contributed by atoms with van der Waals surface area (Å²) in [6.45, 7) is 2.86. The van der Waals surface area contributed by atoms with E-state index in [1.54, 1.807) is 0 Å². The van der Waals surface area contributed by atoms with Crippen LogP contribution in [0.25, 0.3) is 11.1 Å². The van der Waals surface area contributed by atoms with Crippen LogP contribution in [0.5, 0.6) is 0 Å². The molecule has 0 aliphatic carbocycles. The van der Waals surface area contributed by atoms with E-state index in [1.807, 2.05) is 59.5 Å². The van der Waals surface area contributed by atoms with E-state index in [1.165, 1.54) is 0 Å². The molecule has 0 spiro atoms. The summed E-state index contributed by atoms with van der Waals surface area (Å²) in [5.74, 6) is 0. The number of hydrogen-bond acceptors (Lipinski definition) is 2. The third kappa shape index (κ3) is 4.90. The van der Waals surface area contributed by atoms with Crippen molar-refractivity contribution in [3.63, 3.8) is 0 Å². The Morgan fingerprint density at radius 1 is 0.792 bits per heavy atom. The summed E-state index contributed by atoms with van der Waals surface area (Å²) in [6.07, 6.45) is -2.37. The Labute approximate surface area is 154 Å². The fraction of sp³-hybridized carbons (Fsp3) is 0.333. The molecule has 132 valence electrons. The molecular weight excluding hydrogens is 353 g/mol. The third-order valence-corrected chi connectivity index (χ3v) is 4.14. The van der Waals surface area contributed by atoms with Gasteiger partial charge in [0.25, 0.3) is 6.43 Å². The van der Waals surface area contributed by atoms with Crippen LogP contribution < -0.4 is 5.32 Å². The average Bonchev–Trinajstić information content (AvgIpc) is 2.57. The van der Waals surface area contributed by atoms with Gasteiger partial charge in [0.05, 0.1) is 6.04 Å². The van der Waals surface area contributed by atoms with Crippen LogP contribution in [0.4, 0.5) is 8.78 Å². The monoisotopic (exact) mass is 374 g/mol. The van der Waals surface area contributed by atoms with Crippen molar-refractivity contribution in [3.8, 4) is 11.1 Å². The van der Waals surface area contributed by atoms with Crippen molar-refractivity contribution >= 4 is 24.8 Å². The Kier molecular flexibility index (Phi) is 8.63. The molecule has 0 radical (unpaired) electrons. The molecule has 1 atom stereocenters. The zero-order valence-corrected chi connectivity index (χ0v) is 14.8. The second-order valence-corrected chi connectivity index (χ2v) is 5.55. The highest BCUT2D eigenvalue weighted by molar-refractivity contribution is 5.85. The van der Waals surface area contributed by atoms with E-state index >= 15 is 0 Å². The summed E-state index contributed by atoms with van der Waals surface area (Å²) < 4.78 is 27.1. The number of benzene rings is 2. The molecule has 1 fully saturated rings. The van der Waals surface area contributed by atoms with E-state index in [2.05, 4.69) is 5.32 Å². The van der Waals surface area contributed by atoms with Crippen molar-refractivity contribution in [1.82, 2.24) is 10.2 Å². The molecule has 0 unspecified atom stereocenters. The van der Waals surface area contributed by atoms with Crippen LogP contribution in [0, 0.1) is 0 Å². The molecule has 0 amide bonds. The summed E-state index contributed by atoms with van der Waals surface area (Å²) in [4.78, 5) is 1.87. The van der Waals surface area contributed by atoms with Crippen LogP contribution in [0.2, 0.25) is 0 Å². The molecule has 1 aliphatic heterocycles. The maximum absolute atomic E-state index is 13.5. The molecule has 2 nitrogen and oxygen atoms in total. The minimum Gasteiger partial charge on any atom is -0.314 e. The van der Waals surface area contributed by atoms with Crippen LogP contribution in [0.15, 0.2) is 54.6 Å². The fourth-order valence-corrected chi connectivity index (χ4v) is 2.98. The lowest BCUT2D eigenvalue weighted by Crippen LogP contribution is -2.46. The molecule has 0 saturated carbocycles. The van der Waals surface area contributed by atoms with Crippen LogP contribution in [0.3, 0.4) is 0 Å². The van der Waals surface area contributed by atoms with E-state index in [9.17, 15) is 8.78 Å². The molecule has 1 aliphatic rings. The molecule has 24 heavy (non-hydrogen) atoms. The largest absolute Gasteiger partial charge is 0.314 e. The van der Waals surface area contributed by atoms with Gasteiger partial charge in [0.1, 0.15) is 0 Å². The first-order chi connectivity index (χ1) is 10.8.